The van der Waals surface area contributed by atoms with Crippen molar-refractivity contribution in [3.63, 3.8) is 0 Å². The molecule has 2 fully saturated rings. The third kappa shape index (κ3) is 8.51. The topological polar surface area (TPSA) is 181 Å². The molecular weight excluding hydrogens is 564 g/mol. The van der Waals surface area contributed by atoms with E-state index < -0.39 is 64.9 Å². The second-order valence-electron chi connectivity index (χ2n) is 13.4. The summed E-state index contributed by atoms with van der Waals surface area (Å²) in [4.78, 5) is 84.0. The van der Waals surface area contributed by atoms with Crippen LogP contribution in [0.15, 0.2) is 36.7 Å². The molecule has 12 nitrogen and oxygen atoms in total. The van der Waals surface area contributed by atoms with E-state index in [1.807, 2.05) is 13.8 Å². The third-order valence-electron chi connectivity index (χ3n) is 8.36. The Hall–Kier alpha value is -4.09. The minimum Gasteiger partial charge on any atom is -0.363 e. The van der Waals surface area contributed by atoms with Crippen LogP contribution in [-0.4, -0.2) is 75.9 Å². The molecule has 0 aromatic carbocycles. The van der Waals surface area contributed by atoms with Gasteiger partial charge in [-0.05, 0) is 55.1 Å². The number of hydrogen-bond acceptors (Lipinski definition) is 7. The summed E-state index contributed by atoms with van der Waals surface area (Å²) < 4.78 is 0. The summed E-state index contributed by atoms with van der Waals surface area (Å²) in [6, 6.07) is -1.66. The molecule has 1 aliphatic carbocycles. The number of nitrogens with one attached hydrogen (secondary N) is 3. The largest absolute Gasteiger partial charge is 0.363 e. The number of amides is 5. The van der Waals surface area contributed by atoms with Gasteiger partial charge in [-0.2, -0.15) is 0 Å². The number of nitrogens with two attached hydrogens (primary N) is 1. The van der Waals surface area contributed by atoms with Crippen LogP contribution in [0.25, 0.3) is 0 Å². The van der Waals surface area contributed by atoms with Gasteiger partial charge in [0.05, 0.1) is 6.04 Å². The van der Waals surface area contributed by atoms with E-state index in [0.29, 0.717) is 24.0 Å². The number of pyridine rings is 1. The van der Waals surface area contributed by atoms with E-state index in [-0.39, 0.29) is 24.3 Å². The summed E-state index contributed by atoms with van der Waals surface area (Å²) in [5, 5.41) is 8.11. The Bertz CT molecular complexity index is 1290. The molecule has 5 N–H and O–H groups in total. The van der Waals surface area contributed by atoms with Gasteiger partial charge in [0.2, 0.25) is 17.6 Å². The molecule has 3 rings (SSSR count). The molecule has 1 aromatic rings. The Morgan fingerprint density at radius 1 is 1.07 bits per heavy atom. The van der Waals surface area contributed by atoms with Crippen molar-refractivity contribution < 1.29 is 28.8 Å². The van der Waals surface area contributed by atoms with Crippen molar-refractivity contribution in [3.8, 4) is 0 Å². The first kappa shape index (κ1) is 34.4. The fraction of sp³-hybridized carbons (Fsp3) is 0.594. The lowest BCUT2D eigenvalue weighted by molar-refractivity contribution is -0.144. The van der Waals surface area contributed by atoms with Crippen LogP contribution >= 0.6 is 0 Å². The number of rotatable bonds is 13. The second kappa shape index (κ2) is 14.1. The fourth-order valence-electron chi connectivity index (χ4n) is 5.65. The molecular formula is C32H46N6O6. The van der Waals surface area contributed by atoms with E-state index in [1.165, 1.54) is 17.3 Å². The number of likely N-dealkylation sites (tertiary alicyclic amines) is 1. The van der Waals surface area contributed by atoms with Crippen molar-refractivity contribution in [2.24, 2.45) is 28.9 Å². The van der Waals surface area contributed by atoms with Gasteiger partial charge in [-0.25, -0.2) is 4.79 Å². The number of aromatic nitrogens is 1. The zero-order valence-electron chi connectivity index (χ0n) is 26.5. The van der Waals surface area contributed by atoms with Crippen molar-refractivity contribution >= 4 is 35.3 Å². The molecule has 0 radical (unpaired) electrons. The lowest BCUT2D eigenvalue weighted by Crippen LogP contribution is -2.61. The molecule has 0 spiro atoms. The van der Waals surface area contributed by atoms with Crippen molar-refractivity contribution in [1.82, 2.24) is 25.8 Å². The number of carbonyl (C=O) groups is 6. The second-order valence-corrected chi connectivity index (χ2v) is 13.4. The summed E-state index contributed by atoms with van der Waals surface area (Å²) in [6.45, 7) is 15.0. The van der Waals surface area contributed by atoms with Gasteiger partial charge < -0.3 is 26.6 Å². The number of carbonyl (C=O) groups excluding carboxylic acids is 6. The maximum absolute atomic E-state index is 14.2. The lowest BCUT2D eigenvalue weighted by Gasteiger charge is -2.37. The summed E-state index contributed by atoms with van der Waals surface area (Å²) >= 11 is 0. The van der Waals surface area contributed by atoms with Gasteiger partial charge in [-0.15, -0.1) is 0 Å². The van der Waals surface area contributed by atoms with Crippen LogP contribution in [0.2, 0.25) is 0 Å². The van der Waals surface area contributed by atoms with E-state index in [9.17, 15) is 28.8 Å². The fourth-order valence-corrected chi connectivity index (χ4v) is 5.65. The van der Waals surface area contributed by atoms with Crippen LogP contribution in [0.5, 0.6) is 0 Å². The lowest BCUT2D eigenvalue weighted by atomic mass is 9.84. The van der Waals surface area contributed by atoms with Crippen LogP contribution in [0.4, 0.5) is 4.79 Å². The highest BCUT2D eigenvalue weighted by Crippen LogP contribution is 2.35. The molecule has 240 valence electrons. The zero-order chi connectivity index (χ0) is 32.9. The molecule has 1 saturated heterocycles. The molecule has 2 heterocycles. The number of nitrogens with zero attached hydrogens (tertiary/aromatic N) is 2. The first-order valence-corrected chi connectivity index (χ1v) is 15.1. The van der Waals surface area contributed by atoms with Gasteiger partial charge in [-0.1, -0.05) is 59.6 Å². The predicted molar refractivity (Wildman–Crippen MR) is 164 cm³/mol. The molecule has 5 amide bonds. The maximum Gasteiger partial charge on any atom is 0.316 e. The minimum absolute atomic E-state index is 0.0245. The van der Waals surface area contributed by atoms with Crippen molar-refractivity contribution in [2.45, 2.75) is 91.4 Å². The Morgan fingerprint density at radius 2 is 1.73 bits per heavy atom. The van der Waals surface area contributed by atoms with Gasteiger partial charge in [0, 0.05) is 24.5 Å². The number of urea groups is 1. The maximum atomic E-state index is 14.2. The summed E-state index contributed by atoms with van der Waals surface area (Å²) in [7, 11) is 0. The van der Waals surface area contributed by atoms with Gasteiger partial charge in [0.15, 0.2) is 5.78 Å². The molecule has 1 aromatic heterocycles. The highest BCUT2D eigenvalue weighted by molar-refractivity contribution is 6.37. The number of Topliss-reactive ketones (excluding diaryl/α,β-unsaturated/α-hetero) is 2. The van der Waals surface area contributed by atoms with Crippen molar-refractivity contribution in [2.75, 3.05) is 6.54 Å². The number of ketones is 2. The Labute approximate surface area is 259 Å². The van der Waals surface area contributed by atoms with E-state index in [0.717, 1.165) is 12.8 Å². The molecule has 1 saturated carbocycles. The third-order valence-corrected chi connectivity index (χ3v) is 8.36. The van der Waals surface area contributed by atoms with Crippen LogP contribution < -0.4 is 21.7 Å². The molecule has 44 heavy (non-hydrogen) atoms. The quantitative estimate of drug-likeness (QED) is 0.150. The summed E-state index contributed by atoms with van der Waals surface area (Å²) in [5.41, 5.74) is 5.18. The van der Waals surface area contributed by atoms with Crippen LogP contribution in [0, 0.1) is 23.2 Å². The highest BCUT2D eigenvalue weighted by atomic mass is 16.2. The van der Waals surface area contributed by atoms with Crippen molar-refractivity contribution in [3.05, 3.63) is 42.2 Å². The van der Waals surface area contributed by atoms with Gasteiger partial charge in [-0.3, -0.25) is 29.0 Å². The monoisotopic (exact) mass is 610 g/mol. The average Bonchev–Trinajstić information content (AvgIpc) is 3.65. The van der Waals surface area contributed by atoms with Crippen molar-refractivity contribution in [1.29, 1.82) is 0 Å². The van der Waals surface area contributed by atoms with Crippen LogP contribution in [-0.2, 0) is 19.2 Å². The Kier molecular flexibility index (Phi) is 11.0. The van der Waals surface area contributed by atoms with Gasteiger partial charge in [0.25, 0.3) is 5.91 Å². The molecule has 12 heteroatoms. The Morgan fingerprint density at radius 3 is 2.23 bits per heavy atom. The van der Waals surface area contributed by atoms with Crippen LogP contribution in [0.3, 0.4) is 0 Å². The van der Waals surface area contributed by atoms with Crippen LogP contribution in [0.1, 0.15) is 77.6 Å². The first-order valence-electron chi connectivity index (χ1n) is 15.1. The zero-order valence-corrected chi connectivity index (χ0v) is 26.5. The standard InChI is InChI=1S/C32H46N6O6/c1-17(2)21-12-14-38(24(21)29(42)35-22(15-19-10-11-19)26(40)28(33)41)30(43)27(32(5,6)7)37-31(44)36-23(18(3)4)25(39)20-9-8-13-34-16-20/h8-9,13,16-17,19,21-24,27H,3,10-12,14-15H2,1-2,4-7H3,(H2,33,41)(H,35,42)(H2,36,37,44)/t21?,22?,23-,24-,27+/m0/s1. The molecule has 1 aliphatic heterocycles. The SMILES string of the molecule is C=C(C)[C@H](NC(=O)N[C@H](C(=O)N1CCC(C(C)C)[C@H]1C(=O)NC(CC1CC1)C(=O)C(N)=O)C(C)(C)C)C(=O)c1cccnc1. The minimum atomic E-state index is -1.12. The van der Waals surface area contributed by atoms with E-state index in [1.54, 1.807) is 39.8 Å². The van der Waals surface area contributed by atoms with Gasteiger partial charge in [0.1, 0.15) is 18.1 Å². The highest BCUT2D eigenvalue weighted by Gasteiger charge is 2.48. The number of hydrogen-bond donors (Lipinski definition) is 4. The molecule has 5 atom stereocenters. The van der Waals surface area contributed by atoms with E-state index in [2.05, 4.69) is 27.5 Å². The summed E-state index contributed by atoms with van der Waals surface area (Å²) in [5.74, 6) is -3.35. The Balaban J connectivity index is 1.83. The first-order chi connectivity index (χ1) is 20.5. The van der Waals surface area contributed by atoms with E-state index in [4.69, 9.17) is 5.73 Å². The molecule has 0 bridgehead atoms. The van der Waals surface area contributed by atoms with Gasteiger partial charge >= 0.3 is 6.03 Å². The average molecular weight is 611 g/mol. The summed E-state index contributed by atoms with van der Waals surface area (Å²) in [6.07, 6.45) is 5.60. The smallest absolute Gasteiger partial charge is 0.316 e. The number of primary amides is 1. The predicted octanol–water partition coefficient (Wildman–Crippen LogP) is 2.14. The molecule has 2 unspecified atom stereocenters. The normalized spacial score (nSPS) is 20.3. The molecule has 2 aliphatic rings. The van der Waals surface area contributed by atoms with E-state index >= 15 is 0 Å².